The van der Waals surface area contributed by atoms with E-state index in [1.807, 2.05) is 13.0 Å². The van der Waals surface area contributed by atoms with Crippen molar-refractivity contribution in [1.29, 1.82) is 0 Å². The van der Waals surface area contributed by atoms with Crippen LogP contribution in [0.4, 0.5) is 0 Å². The average molecular weight is 319 g/mol. The summed E-state index contributed by atoms with van der Waals surface area (Å²) in [7, 11) is 0. The zero-order valence-electron chi connectivity index (χ0n) is 11.8. The van der Waals surface area contributed by atoms with Gasteiger partial charge in [-0.1, -0.05) is 47.4 Å². The second-order valence-corrected chi connectivity index (χ2v) is 7.54. The number of benzene rings is 1. The van der Waals surface area contributed by atoms with E-state index in [1.54, 1.807) is 5.51 Å². The minimum atomic E-state index is -0.160. The lowest BCUT2D eigenvalue weighted by Crippen LogP contribution is -2.35. The zero-order chi connectivity index (χ0) is 14.7. The Morgan fingerprint density at radius 1 is 1.48 bits per heavy atom. The van der Waals surface area contributed by atoms with Crippen molar-refractivity contribution in [2.45, 2.75) is 41.8 Å². The van der Waals surface area contributed by atoms with Gasteiger partial charge in [0, 0.05) is 0 Å². The quantitative estimate of drug-likeness (QED) is 0.879. The second kappa shape index (κ2) is 6.58. The van der Waals surface area contributed by atoms with Gasteiger partial charge in [-0.05, 0) is 37.3 Å². The Morgan fingerprint density at radius 2 is 2.33 bits per heavy atom. The number of aromatic nitrogens is 2. The van der Waals surface area contributed by atoms with Gasteiger partial charge in [0.1, 0.15) is 5.51 Å². The molecular weight excluding hydrogens is 302 g/mol. The number of carbonyl (C=O) groups excluding carboxylic acids is 1. The van der Waals surface area contributed by atoms with Crippen molar-refractivity contribution in [3.05, 3.63) is 40.9 Å². The average Bonchev–Trinajstić information content (AvgIpc) is 3.00. The van der Waals surface area contributed by atoms with Gasteiger partial charge >= 0.3 is 0 Å². The fourth-order valence-electron chi connectivity index (χ4n) is 2.61. The highest BCUT2D eigenvalue weighted by Gasteiger charge is 2.24. The van der Waals surface area contributed by atoms with Crippen molar-refractivity contribution in [2.24, 2.45) is 0 Å². The standard InChI is InChI=1S/C15H17N3OS2/c1-10(21-15-18-16-9-20-15)14(19)17-13-8-4-6-11-5-2-3-7-12(11)13/h2-3,5,7,9-10,13H,4,6,8H2,1H3,(H,17,19)/t10-,13+/m0/s1. The smallest absolute Gasteiger partial charge is 0.233 e. The molecule has 4 nitrogen and oxygen atoms in total. The molecule has 1 aromatic carbocycles. The molecule has 2 aromatic rings. The molecule has 1 aliphatic rings. The summed E-state index contributed by atoms with van der Waals surface area (Å²) in [5.74, 6) is 0.0666. The van der Waals surface area contributed by atoms with Crippen molar-refractivity contribution in [2.75, 3.05) is 0 Å². The molecule has 3 rings (SSSR count). The van der Waals surface area contributed by atoms with Gasteiger partial charge in [-0.25, -0.2) is 0 Å². The third kappa shape index (κ3) is 3.44. The Balaban J connectivity index is 1.65. The van der Waals surface area contributed by atoms with Gasteiger partial charge in [0.05, 0.1) is 11.3 Å². The van der Waals surface area contributed by atoms with Crippen LogP contribution < -0.4 is 5.32 Å². The SMILES string of the molecule is C[C@H](Sc1nncs1)C(=O)N[C@@H]1CCCc2ccccc21. The van der Waals surface area contributed by atoms with E-state index in [-0.39, 0.29) is 17.2 Å². The van der Waals surface area contributed by atoms with Gasteiger partial charge in [-0.2, -0.15) is 0 Å². The van der Waals surface area contributed by atoms with Crippen LogP contribution in [0.1, 0.15) is 36.9 Å². The van der Waals surface area contributed by atoms with Crippen LogP contribution in [-0.4, -0.2) is 21.4 Å². The molecule has 2 atom stereocenters. The third-order valence-corrected chi connectivity index (χ3v) is 5.58. The highest BCUT2D eigenvalue weighted by Crippen LogP contribution is 2.30. The number of nitrogens with zero attached hydrogens (tertiary/aromatic N) is 2. The molecule has 1 N–H and O–H groups in total. The fourth-order valence-corrected chi connectivity index (χ4v) is 4.25. The number of carbonyl (C=O) groups is 1. The predicted molar refractivity (Wildman–Crippen MR) is 85.5 cm³/mol. The lowest BCUT2D eigenvalue weighted by molar-refractivity contribution is -0.121. The van der Waals surface area contributed by atoms with Crippen molar-refractivity contribution in [1.82, 2.24) is 15.5 Å². The zero-order valence-corrected chi connectivity index (χ0v) is 13.4. The number of rotatable bonds is 4. The third-order valence-electron chi connectivity index (χ3n) is 3.67. The molecule has 0 radical (unpaired) electrons. The minimum absolute atomic E-state index is 0.0666. The summed E-state index contributed by atoms with van der Waals surface area (Å²) in [5, 5.41) is 10.8. The van der Waals surface area contributed by atoms with Gasteiger partial charge in [-0.3, -0.25) is 4.79 Å². The summed E-state index contributed by atoms with van der Waals surface area (Å²) in [6.45, 7) is 1.91. The number of fused-ring (bicyclic) bond motifs is 1. The normalized spacial score (nSPS) is 18.8. The molecule has 0 fully saturated rings. The number of hydrogen-bond donors (Lipinski definition) is 1. The van der Waals surface area contributed by atoms with E-state index in [0.29, 0.717) is 0 Å². The maximum absolute atomic E-state index is 12.4. The minimum Gasteiger partial charge on any atom is -0.348 e. The summed E-state index contributed by atoms with van der Waals surface area (Å²) in [6, 6.07) is 8.54. The van der Waals surface area contributed by atoms with E-state index >= 15 is 0 Å². The molecule has 0 saturated carbocycles. The molecule has 110 valence electrons. The molecule has 1 heterocycles. The first-order chi connectivity index (χ1) is 10.2. The first kappa shape index (κ1) is 14.5. The Morgan fingerprint density at radius 3 is 3.14 bits per heavy atom. The van der Waals surface area contributed by atoms with E-state index in [1.165, 1.54) is 34.2 Å². The Labute approximate surface area is 132 Å². The van der Waals surface area contributed by atoms with E-state index < -0.39 is 0 Å². The Kier molecular flexibility index (Phi) is 4.55. The van der Waals surface area contributed by atoms with Crippen LogP contribution >= 0.6 is 23.1 Å². The summed E-state index contributed by atoms with van der Waals surface area (Å²) in [6.07, 6.45) is 3.25. The van der Waals surface area contributed by atoms with Crippen molar-refractivity contribution < 1.29 is 4.79 Å². The highest BCUT2D eigenvalue weighted by atomic mass is 32.2. The molecule has 0 spiro atoms. The monoisotopic (exact) mass is 319 g/mol. The van der Waals surface area contributed by atoms with Crippen LogP contribution in [0.15, 0.2) is 34.1 Å². The van der Waals surface area contributed by atoms with E-state index in [9.17, 15) is 4.79 Å². The second-order valence-electron chi connectivity index (χ2n) is 5.12. The predicted octanol–water partition coefficient (Wildman–Crippen LogP) is 3.21. The van der Waals surface area contributed by atoms with Crippen LogP contribution in [0.25, 0.3) is 0 Å². The largest absolute Gasteiger partial charge is 0.348 e. The van der Waals surface area contributed by atoms with Crippen molar-refractivity contribution >= 4 is 29.0 Å². The van der Waals surface area contributed by atoms with Crippen LogP contribution in [0.3, 0.4) is 0 Å². The summed E-state index contributed by atoms with van der Waals surface area (Å²) < 4.78 is 0.835. The molecule has 21 heavy (non-hydrogen) atoms. The Hall–Kier alpha value is -1.40. The molecular formula is C15H17N3OS2. The fraction of sp³-hybridized carbons (Fsp3) is 0.400. The van der Waals surface area contributed by atoms with Crippen LogP contribution in [0.5, 0.6) is 0 Å². The maximum atomic E-state index is 12.4. The number of hydrogen-bond acceptors (Lipinski definition) is 5. The number of amides is 1. The van der Waals surface area contributed by atoms with E-state index in [2.05, 4.69) is 33.7 Å². The maximum Gasteiger partial charge on any atom is 0.233 e. The van der Waals surface area contributed by atoms with Gasteiger partial charge in [-0.15, -0.1) is 10.2 Å². The highest BCUT2D eigenvalue weighted by molar-refractivity contribution is 8.02. The van der Waals surface area contributed by atoms with Gasteiger partial charge in [0.15, 0.2) is 4.34 Å². The molecule has 0 aliphatic heterocycles. The summed E-state index contributed by atoms with van der Waals surface area (Å²) >= 11 is 2.93. The topological polar surface area (TPSA) is 54.9 Å². The summed E-state index contributed by atoms with van der Waals surface area (Å²) in [5.41, 5.74) is 4.31. The first-order valence-electron chi connectivity index (χ1n) is 7.05. The van der Waals surface area contributed by atoms with Gasteiger partial charge < -0.3 is 5.32 Å². The lowest BCUT2D eigenvalue weighted by atomic mass is 9.88. The van der Waals surface area contributed by atoms with Crippen LogP contribution in [0, 0.1) is 0 Å². The Bertz CT molecular complexity index is 615. The molecule has 1 aromatic heterocycles. The van der Waals surface area contributed by atoms with Crippen molar-refractivity contribution in [3.63, 3.8) is 0 Å². The molecule has 1 aliphatic carbocycles. The van der Waals surface area contributed by atoms with Gasteiger partial charge in [0.2, 0.25) is 5.91 Å². The van der Waals surface area contributed by atoms with E-state index in [0.717, 1.165) is 23.6 Å². The number of aryl methyl sites for hydroxylation is 1. The molecule has 0 unspecified atom stereocenters. The number of thioether (sulfide) groups is 1. The molecule has 0 saturated heterocycles. The summed E-state index contributed by atoms with van der Waals surface area (Å²) in [4.78, 5) is 12.4. The van der Waals surface area contributed by atoms with E-state index in [4.69, 9.17) is 0 Å². The number of nitrogens with one attached hydrogen (secondary N) is 1. The van der Waals surface area contributed by atoms with Gasteiger partial charge in [0.25, 0.3) is 0 Å². The molecule has 6 heteroatoms. The first-order valence-corrected chi connectivity index (χ1v) is 8.81. The molecule has 0 bridgehead atoms. The molecule has 1 amide bonds. The van der Waals surface area contributed by atoms with Crippen LogP contribution in [0.2, 0.25) is 0 Å². The van der Waals surface area contributed by atoms with Crippen molar-refractivity contribution in [3.8, 4) is 0 Å². The lowest BCUT2D eigenvalue weighted by Gasteiger charge is -2.27. The van der Waals surface area contributed by atoms with Crippen LogP contribution in [-0.2, 0) is 11.2 Å².